The van der Waals surface area contributed by atoms with Gasteiger partial charge in [-0.15, -0.1) is 5.73 Å². The maximum absolute atomic E-state index is 9.06. The maximum atomic E-state index is 9.06. The zero-order chi connectivity index (χ0) is 12.7. The molecule has 0 atom stereocenters. The van der Waals surface area contributed by atoms with Crippen LogP contribution >= 0.6 is 0 Å². The number of aliphatic imine (C=N–C) groups is 1. The molecule has 1 rings (SSSR count). The molecule has 0 aliphatic rings. The van der Waals surface area contributed by atoms with Crippen LogP contribution in [0.15, 0.2) is 59.3 Å². The number of allylic oxidation sites excluding steroid dienone is 2. The van der Waals surface area contributed by atoms with Crippen LogP contribution in [0.4, 0.5) is 0 Å². The van der Waals surface area contributed by atoms with E-state index in [0.29, 0.717) is 0 Å². The van der Waals surface area contributed by atoms with Crippen LogP contribution in [0.2, 0.25) is 0 Å². The van der Waals surface area contributed by atoms with Gasteiger partial charge in [0.25, 0.3) is 0 Å². The number of aliphatic hydroxyl groups is 1. The molecule has 0 saturated carbocycles. The molecule has 1 aromatic carbocycles. The minimum atomic E-state index is 0.0508. The zero-order valence-electron chi connectivity index (χ0n) is 10.3. The maximum Gasteiger partial charge on any atom is 0.142 e. The van der Waals surface area contributed by atoms with E-state index in [9.17, 15) is 0 Å². The van der Waals surface area contributed by atoms with Crippen molar-refractivity contribution in [3.63, 3.8) is 0 Å². The van der Waals surface area contributed by atoms with E-state index in [2.05, 4.69) is 17.3 Å². The van der Waals surface area contributed by atoms with Gasteiger partial charge in [0, 0.05) is 11.9 Å². The molecule has 0 radical (unpaired) electrons. The number of hydrogen-bond donors (Lipinski definition) is 1. The summed E-state index contributed by atoms with van der Waals surface area (Å²) in [5.41, 5.74) is 6.52. The lowest BCUT2D eigenvalue weighted by molar-refractivity contribution is 0.282. The van der Waals surface area contributed by atoms with Gasteiger partial charge in [-0.05, 0) is 30.2 Å². The Labute approximate surface area is 103 Å². The second kappa shape index (κ2) is 6.69. The Morgan fingerprint density at radius 1 is 1.59 bits per heavy atom. The number of benzene rings is 1. The average molecular weight is 225 g/mol. The summed E-state index contributed by atoms with van der Waals surface area (Å²) in [5.74, 6) is 0. The zero-order valence-corrected chi connectivity index (χ0v) is 10.3. The fourth-order valence-electron chi connectivity index (χ4n) is 1.37. The molecule has 0 amide bonds. The van der Waals surface area contributed by atoms with Crippen molar-refractivity contribution in [2.75, 3.05) is 0 Å². The normalized spacial score (nSPS) is 12.1. The van der Waals surface area contributed by atoms with Crippen LogP contribution in [-0.2, 0) is 6.61 Å². The molecule has 1 N–H and O–H groups in total. The van der Waals surface area contributed by atoms with Crippen molar-refractivity contribution in [1.29, 1.82) is 0 Å². The Morgan fingerprint density at radius 2 is 2.35 bits per heavy atom. The van der Waals surface area contributed by atoms with Crippen LogP contribution in [0.1, 0.15) is 18.1 Å². The Bertz CT molecular complexity index is 497. The summed E-state index contributed by atoms with van der Waals surface area (Å²) in [6, 6.07) is 7.72. The van der Waals surface area contributed by atoms with Crippen LogP contribution in [0.25, 0.3) is 0 Å². The Balaban J connectivity index is 2.95. The van der Waals surface area contributed by atoms with Gasteiger partial charge in [0.2, 0.25) is 0 Å². The van der Waals surface area contributed by atoms with E-state index in [4.69, 9.17) is 5.11 Å². The predicted octanol–water partition coefficient (Wildman–Crippen LogP) is 1.80. The van der Waals surface area contributed by atoms with Gasteiger partial charge in [-0.25, -0.2) is 0 Å². The first kappa shape index (κ1) is 13.2. The highest BCUT2D eigenvalue weighted by atomic mass is 16.3. The predicted molar refractivity (Wildman–Crippen MR) is 74.9 cm³/mol. The monoisotopic (exact) mass is 225 g/mol. The Hall–Kier alpha value is -1.83. The Kier molecular flexibility index (Phi) is 5.21. The molecule has 0 heterocycles. The first-order chi connectivity index (χ1) is 8.17. The van der Waals surface area contributed by atoms with Crippen molar-refractivity contribution in [3.05, 3.63) is 65.5 Å². The molecule has 0 aliphatic carbocycles. The van der Waals surface area contributed by atoms with Gasteiger partial charge in [-0.1, -0.05) is 30.3 Å². The van der Waals surface area contributed by atoms with Crippen molar-refractivity contribution in [3.8, 4) is 0 Å². The van der Waals surface area contributed by atoms with Crippen LogP contribution in [0.3, 0.4) is 0 Å². The van der Waals surface area contributed by atoms with Gasteiger partial charge >= 0.3 is 0 Å². The highest BCUT2D eigenvalue weighted by Crippen LogP contribution is 2.07. The molecule has 86 valence electrons. The standard InChI is InChI=1S/C14H16BNO/c1-3-5-14(15)9-16-11(2)13-7-4-6-12(8-13)10-17/h4-9,17H,1,10,15H2,2H3/b14-9+,16-11+. The van der Waals surface area contributed by atoms with Gasteiger partial charge < -0.3 is 5.11 Å². The lowest BCUT2D eigenvalue weighted by Gasteiger charge is -2.02. The summed E-state index contributed by atoms with van der Waals surface area (Å²) in [6.07, 6.45) is 3.56. The highest BCUT2D eigenvalue weighted by molar-refractivity contribution is 6.23. The second-order valence-electron chi connectivity index (χ2n) is 3.79. The van der Waals surface area contributed by atoms with Crippen molar-refractivity contribution < 1.29 is 5.11 Å². The molecule has 17 heavy (non-hydrogen) atoms. The summed E-state index contributed by atoms with van der Waals surface area (Å²) in [7, 11) is 1.94. The summed E-state index contributed by atoms with van der Waals surface area (Å²) >= 11 is 0. The van der Waals surface area contributed by atoms with E-state index in [0.717, 1.165) is 22.3 Å². The Morgan fingerprint density at radius 3 is 3.00 bits per heavy atom. The quantitative estimate of drug-likeness (QED) is 0.360. The summed E-state index contributed by atoms with van der Waals surface area (Å²) in [6.45, 7) is 5.50. The smallest absolute Gasteiger partial charge is 0.142 e. The van der Waals surface area contributed by atoms with Crippen molar-refractivity contribution >= 4 is 13.6 Å². The third-order valence-electron chi connectivity index (χ3n) is 2.32. The highest BCUT2D eigenvalue weighted by Gasteiger charge is 1.97. The first-order valence-corrected chi connectivity index (χ1v) is 5.44. The summed E-state index contributed by atoms with van der Waals surface area (Å²) in [5, 5.41) is 9.06. The molecule has 3 heteroatoms. The molecule has 0 bridgehead atoms. The molecule has 0 unspecified atom stereocenters. The lowest BCUT2D eigenvalue weighted by atomic mass is 9.97. The van der Waals surface area contributed by atoms with Gasteiger partial charge in [0.15, 0.2) is 0 Å². The van der Waals surface area contributed by atoms with E-state index in [1.807, 2.05) is 39.0 Å². The topological polar surface area (TPSA) is 32.6 Å². The molecule has 0 aromatic heterocycles. The fourth-order valence-corrected chi connectivity index (χ4v) is 1.37. The minimum Gasteiger partial charge on any atom is -0.392 e. The SMILES string of the molecule is B/C(C=C=C)=C/N=C(\C)c1cccc(CO)c1. The summed E-state index contributed by atoms with van der Waals surface area (Å²) < 4.78 is 0. The van der Waals surface area contributed by atoms with E-state index in [-0.39, 0.29) is 6.61 Å². The van der Waals surface area contributed by atoms with Crippen molar-refractivity contribution in [2.45, 2.75) is 13.5 Å². The minimum absolute atomic E-state index is 0.0508. The third kappa shape index (κ3) is 4.27. The molecular formula is C14H16BNO. The van der Waals surface area contributed by atoms with Gasteiger partial charge in [0.1, 0.15) is 7.85 Å². The van der Waals surface area contributed by atoms with Gasteiger partial charge in [0.05, 0.1) is 6.61 Å². The van der Waals surface area contributed by atoms with Gasteiger partial charge in [-0.3, -0.25) is 4.99 Å². The molecule has 1 aromatic rings. The van der Waals surface area contributed by atoms with E-state index in [1.54, 1.807) is 12.3 Å². The van der Waals surface area contributed by atoms with Crippen LogP contribution in [-0.4, -0.2) is 18.7 Å². The molecule has 0 fully saturated rings. The molecule has 0 saturated heterocycles. The molecule has 2 nitrogen and oxygen atoms in total. The largest absolute Gasteiger partial charge is 0.392 e. The van der Waals surface area contributed by atoms with E-state index in [1.165, 1.54) is 0 Å². The van der Waals surface area contributed by atoms with Crippen LogP contribution in [0, 0.1) is 0 Å². The van der Waals surface area contributed by atoms with Crippen LogP contribution in [0.5, 0.6) is 0 Å². The fraction of sp³-hybridized carbons (Fsp3) is 0.143. The lowest BCUT2D eigenvalue weighted by Crippen LogP contribution is -1.95. The molecule has 0 aliphatic heterocycles. The summed E-state index contributed by atoms with van der Waals surface area (Å²) in [4.78, 5) is 4.36. The van der Waals surface area contributed by atoms with Crippen LogP contribution < -0.4 is 0 Å². The number of nitrogens with zero attached hydrogens (tertiary/aromatic N) is 1. The second-order valence-corrected chi connectivity index (χ2v) is 3.79. The third-order valence-corrected chi connectivity index (χ3v) is 2.32. The van der Waals surface area contributed by atoms with Gasteiger partial charge in [-0.2, -0.15) is 0 Å². The van der Waals surface area contributed by atoms with E-state index >= 15 is 0 Å². The first-order valence-electron chi connectivity index (χ1n) is 5.44. The van der Waals surface area contributed by atoms with E-state index < -0.39 is 0 Å². The van der Waals surface area contributed by atoms with Crippen molar-refractivity contribution in [2.24, 2.45) is 4.99 Å². The van der Waals surface area contributed by atoms with Crippen molar-refractivity contribution in [1.82, 2.24) is 0 Å². The molecule has 0 spiro atoms. The number of rotatable bonds is 4. The average Bonchev–Trinajstić information content (AvgIpc) is 2.36. The number of hydrogen-bond acceptors (Lipinski definition) is 2. The molecular weight excluding hydrogens is 209 g/mol. The number of aliphatic hydroxyl groups excluding tert-OH is 1.